The number of hydrogen-bond acceptors (Lipinski definition) is 1. The first-order valence-electron chi connectivity index (χ1n) is 4.01. The number of rotatable bonds is 0. The van der Waals surface area contributed by atoms with Crippen LogP contribution >= 0.6 is 0 Å². The second-order valence-electron chi connectivity index (χ2n) is 3.73. The fourth-order valence-electron chi connectivity index (χ4n) is 2.41. The molecular formula is C8H14O. The summed E-state index contributed by atoms with van der Waals surface area (Å²) in [7, 11) is 0. The Balaban J connectivity index is 2.13. The molecule has 0 aromatic heterocycles. The average Bonchev–Trinajstić information content (AvgIpc) is 2.07. The summed E-state index contributed by atoms with van der Waals surface area (Å²) >= 11 is 0. The molecule has 2 atom stereocenters. The lowest BCUT2D eigenvalue weighted by molar-refractivity contribution is 0.0194. The van der Waals surface area contributed by atoms with Gasteiger partial charge in [0.15, 0.2) is 0 Å². The minimum atomic E-state index is -0.205. The van der Waals surface area contributed by atoms with Gasteiger partial charge in [0.2, 0.25) is 0 Å². The van der Waals surface area contributed by atoms with Gasteiger partial charge in [-0.2, -0.15) is 0 Å². The van der Waals surface area contributed by atoms with E-state index in [1.807, 2.05) is 0 Å². The van der Waals surface area contributed by atoms with Crippen molar-refractivity contribution in [2.24, 2.45) is 5.92 Å². The Labute approximate surface area is 56.1 Å². The molecule has 0 aromatic carbocycles. The molecule has 2 fully saturated rings. The van der Waals surface area contributed by atoms with Crippen LogP contribution in [-0.4, -0.2) is 10.7 Å². The number of fused-ring (bicyclic) bond motifs is 2. The summed E-state index contributed by atoms with van der Waals surface area (Å²) in [5.74, 6) is 0.878. The van der Waals surface area contributed by atoms with Crippen LogP contribution in [0.1, 0.15) is 38.5 Å². The zero-order valence-electron chi connectivity index (χ0n) is 5.77. The first-order valence-corrected chi connectivity index (χ1v) is 4.01. The van der Waals surface area contributed by atoms with Crippen LogP contribution in [0, 0.1) is 5.92 Å². The van der Waals surface area contributed by atoms with E-state index in [-0.39, 0.29) is 5.60 Å². The SMILES string of the molecule is O[C@@]12CCC[C@@H](CC1)C2. The fourth-order valence-corrected chi connectivity index (χ4v) is 2.41. The van der Waals surface area contributed by atoms with Crippen LogP contribution in [0.4, 0.5) is 0 Å². The molecule has 0 saturated heterocycles. The molecule has 0 amide bonds. The van der Waals surface area contributed by atoms with Crippen molar-refractivity contribution in [3.05, 3.63) is 0 Å². The maximum atomic E-state index is 9.72. The molecule has 9 heavy (non-hydrogen) atoms. The Hall–Kier alpha value is -0.0400. The summed E-state index contributed by atoms with van der Waals surface area (Å²) in [6.45, 7) is 0. The molecule has 2 saturated carbocycles. The van der Waals surface area contributed by atoms with Gasteiger partial charge < -0.3 is 5.11 Å². The number of aliphatic hydroxyl groups is 1. The predicted molar refractivity (Wildman–Crippen MR) is 36.1 cm³/mol. The molecule has 1 nitrogen and oxygen atoms in total. The van der Waals surface area contributed by atoms with Gasteiger partial charge in [0.05, 0.1) is 5.60 Å². The van der Waals surface area contributed by atoms with Crippen LogP contribution in [0.5, 0.6) is 0 Å². The van der Waals surface area contributed by atoms with E-state index in [2.05, 4.69) is 0 Å². The molecule has 2 aliphatic carbocycles. The summed E-state index contributed by atoms with van der Waals surface area (Å²) in [4.78, 5) is 0. The van der Waals surface area contributed by atoms with Gasteiger partial charge in [0.25, 0.3) is 0 Å². The van der Waals surface area contributed by atoms with Crippen molar-refractivity contribution in [1.29, 1.82) is 0 Å². The van der Waals surface area contributed by atoms with Crippen LogP contribution in [0.2, 0.25) is 0 Å². The quantitative estimate of drug-likeness (QED) is 0.523. The summed E-state index contributed by atoms with van der Waals surface area (Å²) in [5.41, 5.74) is -0.205. The van der Waals surface area contributed by atoms with E-state index in [0.29, 0.717) is 0 Å². The normalized spacial score (nSPS) is 49.7. The van der Waals surface area contributed by atoms with Gasteiger partial charge in [-0.05, 0) is 31.6 Å². The Morgan fingerprint density at radius 3 is 2.78 bits per heavy atom. The van der Waals surface area contributed by atoms with Crippen molar-refractivity contribution in [1.82, 2.24) is 0 Å². The second-order valence-corrected chi connectivity index (χ2v) is 3.73. The van der Waals surface area contributed by atoms with Crippen LogP contribution in [0.25, 0.3) is 0 Å². The van der Waals surface area contributed by atoms with Gasteiger partial charge in [-0.15, -0.1) is 0 Å². The first-order chi connectivity index (χ1) is 4.29. The van der Waals surface area contributed by atoms with Crippen LogP contribution < -0.4 is 0 Å². The van der Waals surface area contributed by atoms with Gasteiger partial charge in [-0.1, -0.05) is 12.8 Å². The standard InChI is InChI=1S/C8H14O/c9-8-4-1-2-7(6-8)3-5-8/h7,9H,1-6H2/t7-,8-/m0/s1. The van der Waals surface area contributed by atoms with Gasteiger partial charge >= 0.3 is 0 Å². The molecule has 2 bridgehead atoms. The van der Waals surface area contributed by atoms with E-state index >= 15 is 0 Å². The van der Waals surface area contributed by atoms with E-state index in [0.717, 1.165) is 25.2 Å². The van der Waals surface area contributed by atoms with Crippen LogP contribution in [0.3, 0.4) is 0 Å². The van der Waals surface area contributed by atoms with Crippen molar-refractivity contribution in [3.63, 3.8) is 0 Å². The van der Waals surface area contributed by atoms with Gasteiger partial charge in [-0.25, -0.2) is 0 Å². The number of hydrogen-bond donors (Lipinski definition) is 1. The molecule has 0 heterocycles. The molecular weight excluding hydrogens is 112 g/mol. The fraction of sp³-hybridized carbons (Fsp3) is 1.00. The zero-order valence-corrected chi connectivity index (χ0v) is 5.77. The van der Waals surface area contributed by atoms with Crippen molar-refractivity contribution < 1.29 is 5.11 Å². The Morgan fingerprint density at radius 1 is 1.22 bits per heavy atom. The Morgan fingerprint density at radius 2 is 2.11 bits per heavy atom. The monoisotopic (exact) mass is 126 g/mol. The van der Waals surface area contributed by atoms with Crippen LogP contribution in [-0.2, 0) is 0 Å². The molecule has 0 aromatic rings. The third-order valence-corrected chi connectivity index (χ3v) is 2.94. The summed E-state index contributed by atoms with van der Waals surface area (Å²) in [6, 6.07) is 0. The third-order valence-electron chi connectivity index (χ3n) is 2.94. The lowest BCUT2D eigenvalue weighted by Gasteiger charge is -2.26. The molecule has 0 spiro atoms. The smallest absolute Gasteiger partial charge is 0.0650 e. The van der Waals surface area contributed by atoms with Crippen molar-refractivity contribution in [2.45, 2.75) is 44.1 Å². The molecule has 0 aliphatic heterocycles. The van der Waals surface area contributed by atoms with Crippen molar-refractivity contribution >= 4 is 0 Å². The van der Waals surface area contributed by atoms with Gasteiger partial charge in [-0.3, -0.25) is 0 Å². The maximum Gasteiger partial charge on any atom is 0.0650 e. The topological polar surface area (TPSA) is 20.2 Å². The summed E-state index contributed by atoms with van der Waals surface area (Å²) in [5, 5.41) is 9.72. The lowest BCUT2D eigenvalue weighted by Crippen LogP contribution is -2.27. The molecule has 1 N–H and O–H groups in total. The third kappa shape index (κ3) is 0.877. The van der Waals surface area contributed by atoms with E-state index in [4.69, 9.17) is 0 Å². The summed E-state index contributed by atoms with van der Waals surface area (Å²) in [6.07, 6.45) is 7.19. The first kappa shape index (κ1) is 5.72. The van der Waals surface area contributed by atoms with Crippen molar-refractivity contribution in [2.75, 3.05) is 0 Å². The lowest BCUT2D eigenvalue weighted by atomic mass is 9.86. The van der Waals surface area contributed by atoms with Crippen LogP contribution in [0.15, 0.2) is 0 Å². The second kappa shape index (κ2) is 1.72. The van der Waals surface area contributed by atoms with Gasteiger partial charge in [0.1, 0.15) is 0 Å². The highest BCUT2D eigenvalue weighted by atomic mass is 16.3. The van der Waals surface area contributed by atoms with E-state index < -0.39 is 0 Å². The molecule has 2 aliphatic rings. The average molecular weight is 126 g/mol. The maximum absolute atomic E-state index is 9.72. The van der Waals surface area contributed by atoms with E-state index in [9.17, 15) is 5.11 Å². The molecule has 52 valence electrons. The molecule has 0 unspecified atom stereocenters. The zero-order chi connectivity index (χ0) is 6.32. The van der Waals surface area contributed by atoms with E-state index in [1.165, 1.54) is 19.3 Å². The summed E-state index contributed by atoms with van der Waals surface area (Å²) < 4.78 is 0. The van der Waals surface area contributed by atoms with E-state index in [1.54, 1.807) is 0 Å². The molecule has 1 heteroatoms. The minimum absolute atomic E-state index is 0.205. The highest BCUT2D eigenvalue weighted by Gasteiger charge is 2.39. The van der Waals surface area contributed by atoms with Gasteiger partial charge in [0, 0.05) is 0 Å². The molecule has 0 radical (unpaired) electrons. The van der Waals surface area contributed by atoms with Crippen molar-refractivity contribution in [3.8, 4) is 0 Å². The largest absolute Gasteiger partial charge is 0.390 e. The predicted octanol–water partition coefficient (Wildman–Crippen LogP) is 1.70. The Bertz CT molecular complexity index is 118. The highest BCUT2D eigenvalue weighted by molar-refractivity contribution is 4.92. The Kier molecular flexibility index (Phi) is 1.10. The molecule has 2 rings (SSSR count). The highest BCUT2D eigenvalue weighted by Crippen LogP contribution is 2.44. The minimum Gasteiger partial charge on any atom is -0.390 e.